The molecule has 1 aliphatic rings. The number of carbonyl (C=O) groups is 1. The summed E-state index contributed by atoms with van der Waals surface area (Å²) in [5.74, 6) is -0.297. The number of likely N-dealkylation sites (tertiary alicyclic amines) is 1. The van der Waals surface area contributed by atoms with Crippen molar-refractivity contribution in [2.75, 3.05) is 26.8 Å². The molecule has 28 heavy (non-hydrogen) atoms. The molecule has 0 spiro atoms. The molecule has 1 aliphatic heterocycles. The van der Waals surface area contributed by atoms with Gasteiger partial charge in [-0.05, 0) is 31.4 Å². The minimum absolute atomic E-state index is 0.0312. The highest BCUT2D eigenvalue weighted by atomic mass is 32.1. The van der Waals surface area contributed by atoms with Crippen LogP contribution < -0.4 is 14.8 Å². The zero-order chi connectivity index (χ0) is 20.1. The summed E-state index contributed by atoms with van der Waals surface area (Å²) >= 11 is 1.19. The van der Waals surface area contributed by atoms with E-state index in [1.165, 1.54) is 15.9 Å². The lowest BCUT2D eigenvalue weighted by molar-refractivity contribution is -0.123. The number of nitriles is 1. The van der Waals surface area contributed by atoms with Gasteiger partial charge in [-0.25, -0.2) is 0 Å². The normalized spacial score (nSPS) is 15.6. The second kappa shape index (κ2) is 9.00. The van der Waals surface area contributed by atoms with Crippen molar-refractivity contribution in [2.45, 2.75) is 26.3 Å². The number of thiazole rings is 1. The van der Waals surface area contributed by atoms with Gasteiger partial charge in [0.1, 0.15) is 10.7 Å². The van der Waals surface area contributed by atoms with Crippen LogP contribution >= 0.6 is 11.3 Å². The third-order valence-electron chi connectivity index (χ3n) is 4.73. The average Bonchev–Trinajstić information content (AvgIpc) is 3.32. The number of hydrogen-bond acceptors (Lipinski definition) is 5. The number of methoxy groups -OCH3 is 1. The van der Waals surface area contributed by atoms with Gasteiger partial charge >= 0.3 is 0 Å². The lowest BCUT2D eigenvalue weighted by Crippen LogP contribution is -2.36. The van der Waals surface area contributed by atoms with Gasteiger partial charge < -0.3 is 9.64 Å². The zero-order valence-electron chi connectivity index (χ0n) is 16.1. The van der Waals surface area contributed by atoms with Gasteiger partial charge in [0.15, 0.2) is 5.57 Å². The number of benzene rings is 1. The molecular weight excluding hydrogens is 374 g/mol. The van der Waals surface area contributed by atoms with Crippen LogP contribution in [0, 0.1) is 18.3 Å². The Morgan fingerprint density at radius 3 is 2.57 bits per heavy atom. The highest BCUT2D eigenvalue weighted by Crippen LogP contribution is 2.11. The average molecular weight is 398 g/mol. The second-order valence-corrected chi connectivity index (χ2v) is 7.79. The van der Waals surface area contributed by atoms with E-state index in [2.05, 4.69) is 0 Å². The summed E-state index contributed by atoms with van der Waals surface area (Å²) in [6.45, 7) is 3.93. The number of amides is 1. The molecule has 0 N–H and O–H groups in total. The molecule has 0 atom stereocenters. The summed E-state index contributed by atoms with van der Waals surface area (Å²) in [7, 11) is 1.56. The van der Waals surface area contributed by atoms with Gasteiger partial charge in [-0.15, -0.1) is 11.3 Å². The number of nitrogens with zero attached hydrogens (tertiary/aromatic N) is 3. The van der Waals surface area contributed by atoms with Gasteiger partial charge in [0.2, 0.25) is 0 Å². The molecule has 1 aromatic heterocycles. The Labute approximate surface area is 167 Å². The molecule has 0 unspecified atom stereocenters. The summed E-state index contributed by atoms with van der Waals surface area (Å²) in [6, 6.07) is 9.89. The number of aryl methyl sites for hydroxylation is 1. The molecule has 1 fully saturated rings. The van der Waals surface area contributed by atoms with Gasteiger partial charge in [0, 0.05) is 20.2 Å². The predicted molar refractivity (Wildman–Crippen MR) is 109 cm³/mol. The monoisotopic (exact) mass is 397 g/mol. The maximum absolute atomic E-state index is 13.0. The van der Waals surface area contributed by atoms with Gasteiger partial charge in [0.25, 0.3) is 11.5 Å². The van der Waals surface area contributed by atoms with E-state index in [0.717, 1.165) is 24.0 Å². The minimum Gasteiger partial charge on any atom is -0.383 e. The van der Waals surface area contributed by atoms with Gasteiger partial charge in [-0.2, -0.15) is 5.26 Å². The first-order valence-electron chi connectivity index (χ1n) is 9.26. The number of aromatic nitrogens is 1. The Morgan fingerprint density at radius 1 is 1.29 bits per heavy atom. The van der Waals surface area contributed by atoms with E-state index in [1.807, 2.05) is 37.3 Å². The Balaban J connectivity index is 2.18. The van der Waals surface area contributed by atoms with Crippen LogP contribution in [0.5, 0.6) is 0 Å². The third kappa shape index (κ3) is 4.24. The fourth-order valence-corrected chi connectivity index (χ4v) is 4.29. The largest absolute Gasteiger partial charge is 0.383 e. The summed E-state index contributed by atoms with van der Waals surface area (Å²) in [5.41, 5.74) is 1.86. The first-order chi connectivity index (χ1) is 13.5. The van der Waals surface area contributed by atoms with Gasteiger partial charge in [0.05, 0.1) is 17.7 Å². The molecule has 146 valence electrons. The highest BCUT2D eigenvalue weighted by molar-refractivity contribution is 7.07. The van der Waals surface area contributed by atoms with Crippen molar-refractivity contribution in [2.24, 2.45) is 0 Å². The maximum atomic E-state index is 13.0. The molecule has 1 amide bonds. The zero-order valence-corrected chi connectivity index (χ0v) is 16.9. The van der Waals surface area contributed by atoms with Crippen molar-refractivity contribution in [3.05, 3.63) is 54.9 Å². The fraction of sp³-hybridized carbons (Fsp3) is 0.381. The number of hydrogen-bond donors (Lipinski definition) is 0. The Hall–Kier alpha value is -2.69. The molecular formula is C21H23N3O3S. The van der Waals surface area contributed by atoms with Crippen LogP contribution in [0.4, 0.5) is 0 Å². The summed E-state index contributed by atoms with van der Waals surface area (Å²) in [4.78, 5) is 27.5. The van der Waals surface area contributed by atoms with Crippen molar-refractivity contribution < 1.29 is 9.53 Å². The quantitative estimate of drug-likeness (QED) is 0.754. The van der Waals surface area contributed by atoms with Crippen molar-refractivity contribution in [1.29, 1.82) is 5.26 Å². The summed E-state index contributed by atoms with van der Waals surface area (Å²) < 4.78 is 7.50. The SMILES string of the molecule is COCCn1c(=C(C#N)C(=O)N2CCCC2)sc(=Cc2ccc(C)cc2)c1=O. The molecule has 2 aromatic rings. The molecule has 3 rings (SSSR count). The molecule has 1 saturated heterocycles. The Kier molecular flexibility index (Phi) is 6.45. The van der Waals surface area contributed by atoms with E-state index in [4.69, 9.17) is 4.74 Å². The topological polar surface area (TPSA) is 75.3 Å². The van der Waals surface area contributed by atoms with E-state index >= 15 is 0 Å². The first kappa shape index (κ1) is 20.1. The summed E-state index contributed by atoms with van der Waals surface area (Å²) in [5, 5.41) is 9.70. The van der Waals surface area contributed by atoms with Crippen LogP contribution in [0.3, 0.4) is 0 Å². The highest BCUT2D eigenvalue weighted by Gasteiger charge is 2.24. The number of carbonyl (C=O) groups excluding carboxylic acids is 1. The third-order valence-corrected chi connectivity index (χ3v) is 5.86. The number of rotatable bonds is 5. The van der Waals surface area contributed by atoms with Crippen molar-refractivity contribution >= 4 is 28.9 Å². The van der Waals surface area contributed by atoms with Crippen molar-refractivity contribution in [3.8, 4) is 6.07 Å². The molecule has 1 aromatic carbocycles. The first-order valence-corrected chi connectivity index (χ1v) is 10.1. The molecule has 0 bridgehead atoms. The molecule has 0 saturated carbocycles. The summed E-state index contributed by atoms with van der Waals surface area (Å²) in [6.07, 6.45) is 3.68. The Bertz CT molecular complexity index is 1070. The molecule has 7 heteroatoms. The molecule has 6 nitrogen and oxygen atoms in total. The van der Waals surface area contributed by atoms with Crippen molar-refractivity contribution in [1.82, 2.24) is 9.47 Å². The van der Waals surface area contributed by atoms with E-state index < -0.39 is 0 Å². The van der Waals surface area contributed by atoms with Crippen LogP contribution in [0.2, 0.25) is 0 Å². The lowest BCUT2D eigenvalue weighted by atomic mass is 10.1. The molecule has 2 heterocycles. The standard InChI is InChI=1S/C21H23N3O3S/c1-15-5-7-16(8-6-15)13-18-20(26)24(11-12-27-2)21(28-18)17(14-22)19(25)23-9-3-4-10-23/h5-8,13H,3-4,9-12H2,1-2H3. The fourth-order valence-electron chi connectivity index (χ4n) is 3.17. The van der Waals surface area contributed by atoms with E-state index in [-0.39, 0.29) is 17.0 Å². The minimum atomic E-state index is -0.297. The van der Waals surface area contributed by atoms with E-state index in [0.29, 0.717) is 35.4 Å². The lowest BCUT2D eigenvalue weighted by Gasteiger charge is -2.14. The van der Waals surface area contributed by atoms with E-state index in [9.17, 15) is 14.9 Å². The molecule has 0 radical (unpaired) electrons. The van der Waals surface area contributed by atoms with Crippen LogP contribution in [0.15, 0.2) is 29.1 Å². The number of ether oxygens (including phenoxy) is 1. The van der Waals surface area contributed by atoms with Crippen LogP contribution in [-0.4, -0.2) is 42.2 Å². The second-order valence-electron chi connectivity index (χ2n) is 6.76. The van der Waals surface area contributed by atoms with E-state index in [1.54, 1.807) is 18.1 Å². The Morgan fingerprint density at radius 2 is 1.96 bits per heavy atom. The molecule has 0 aliphatic carbocycles. The smallest absolute Gasteiger partial charge is 0.269 e. The van der Waals surface area contributed by atoms with Crippen molar-refractivity contribution in [3.63, 3.8) is 0 Å². The van der Waals surface area contributed by atoms with Crippen LogP contribution in [0.1, 0.15) is 24.0 Å². The van der Waals surface area contributed by atoms with Crippen LogP contribution in [0.25, 0.3) is 11.6 Å². The van der Waals surface area contributed by atoms with Crippen LogP contribution in [-0.2, 0) is 16.1 Å². The van der Waals surface area contributed by atoms with Gasteiger partial charge in [-0.3, -0.25) is 14.2 Å². The van der Waals surface area contributed by atoms with Gasteiger partial charge in [-0.1, -0.05) is 29.8 Å². The predicted octanol–water partition coefficient (Wildman–Crippen LogP) is 0.990. The maximum Gasteiger partial charge on any atom is 0.269 e.